The van der Waals surface area contributed by atoms with E-state index in [2.05, 4.69) is 36.5 Å². The maximum Gasteiger partial charge on any atom is 0.273 e. The lowest BCUT2D eigenvalue weighted by atomic mass is 10.3. The smallest absolute Gasteiger partial charge is 0.273 e. The predicted molar refractivity (Wildman–Crippen MR) is 64.7 cm³/mol. The zero-order valence-corrected chi connectivity index (χ0v) is 10.6. The number of aryl methyl sites for hydroxylation is 1. The largest absolute Gasteiger partial charge is 0.470 e. The lowest BCUT2D eigenvalue weighted by Gasteiger charge is -2.07. The van der Waals surface area contributed by atoms with Gasteiger partial charge in [-0.2, -0.15) is 0 Å². The third-order valence-electron chi connectivity index (χ3n) is 1.99. The molecule has 1 heterocycles. The molecule has 1 rings (SSSR count). The number of thiazole rings is 1. The second-order valence-corrected chi connectivity index (χ2v) is 4.59. The lowest BCUT2D eigenvalue weighted by molar-refractivity contribution is 0.304. The van der Waals surface area contributed by atoms with Gasteiger partial charge >= 0.3 is 0 Å². The number of rotatable bonds is 7. The van der Waals surface area contributed by atoms with Gasteiger partial charge < -0.3 is 10.1 Å². The summed E-state index contributed by atoms with van der Waals surface area (Å²) in [7, 11) is 0. The van der Waals surface area contributed by atoms with Crippen LogP contribution in [-0.2, 0) is 6.42 Å². The molecule has 0 aliphatic rings. The van der Waals surface area contributed by atoms with Crippen molar-refractivity contribution in [1.29, 1.82) is 0 Å². The van der Waals surface area contributed by atoms with Crippen molar-refractivity contribution in [2.24, 2.45) is 0 Å². The van der Waals surface area contributed by atoms with Gasteiger partial charge in [0, 0.05) is 11.4 Å². The molecule has 3 nitrogen and oxygen atoms in total. The molecule has 4 heteroatoms. The van der Waals surface area contributed by atoms with E-state index in [1.165, 1.54) is 0 Å². The fourth-order valence-electron chi connectivity index (χ4n) is 1.14. The minimum atomic E-state index is 0.552. The van der Waals surface area contributed by atoms with Gasteiger partial charge in [-0.15, -0.1) is 0 Å². The van der Waals surface area contributed by atoms with E-state index in [0.717, 1.165) is 36.9 Å². The third-order valence-corrected chi connectivity index (χ3v) is 2.79. The van der Waals surface area contributed by atoms with E-state index in [4.69, 9.17) is 4.74 Å². The van der Waals surface area contributed by atoms with Crippen LogP contribution in [0.15, 0.2) is 5.38 Å². The van der Waals surface area contributed by atoms with Crippen molar-refractivity contribution in [2.75, 3.05) is 13.2 Å². The molecule has 0 aliphatic heterocycles. The van der Waals surface area contributed by atoms with Crippen LogP contribution < -0.4 is 10.1 Å². The number of hydrogen-bond donors (Lipinski definition) is 1. The average Bonchev–Trinajstić information content (AvgIpc) is 2.65. The Hall–Kier alpha value is -0.610. The lowest BCUT2D eigenvalue weighted by Crippen LogP contribution is -2.24. The molecule has 0 aliphatic carbocycles. The Kier molecular flexibility index (Phi) is 5.65. The number of nitrogens with zero attached hydrogens (tertiary/aromatic N) is 1. The second kappa shape index (κ2) is 6.80. The highest BCUT2D eigenvalue weighted by molar-refractivity contribution is 7.11. The van der Waals surface area contributed by atoms with Gasteiger partial charge in [0.15, 0.2) is 0 Å². The first-order valence-electron chi connectivity index (χ1n) is 5.53. The van der Waals surface area contributed by atoms with E-state index >= 15 is 0 Å². The first-order valence-corrected chi connectivity index (χ1v) is 6.41. The number of hydrogen-bond acceptors (Lipinski definition) is 4. The van der Waals surface area contributed by atoms with Crippen LogP contribution in [0, 0.1) is 0 Å². The van der Waals surface area contributed by atoms with Crippen molar-refractivity contribution in [3.8, 4) is 5.19 Å². The van der Waals surface area contributed by atoms with Crippen molar-refractivity contribution >= 4 is 11.3 Å². The standard InChI is InChI=1S/C11H20N2OS/c1-4-10-8-15-11(13-10)14-7-5-6-12-9(2)3/h8-9,12H,4-7H2,1-3H3. The van der Waals surface area contributed by atoms with Crippen molar-refractivity contribution in [1.82, 2.24) is 10.3 Å². The zero-order chi connectivity index (χ0) is 11.1. The summed E-state index contributed by atoms with van der Waals surface area (Å²) in [5.41, 5.74) is 1.12. The molecule has 0 amide bonds. The normalized spacial score (nSPS) is 10.9. The monoisotopic (exact) mass is 228 g/mol. The number of ether oxygens (including phenoxy) is 1. The van der Waals surface area contributed by atoms with Crippen LogP contribution >= 0.6 is 11.3 Å². The van der Waals surface area contributed by atoms with Crippen molar-refractivity contribution in [3.63, 3.8) is 0 Å². The molecule has 0 fully saturated rings. The minimum Gasteiger partial charge on any atom is -0.470 e. The van der Waals surface area contributed by atoms with Crippen LogP contribution in [0.1, 0.15) is 32.9 Å². The van der Waals surface area contributed by atoms with Gasteiger partial charge in [0.1, 0.15) is 0 Å². The highest BCUT2D eigenvalue weighted by Gasteiger charge is 2.00. The maximum absolute atomic E-state index is 5.54. The van der Waals surface area contributed by atoms with Gasteiger partial charge in [-0.25, -0.2) is 4.98 Å². The Morgan fingerprint density at radius 2 is 2.33 bits per heavy atom. The molecule has 0 atom stereocenters. The number of aromatic nitrogens is 1. The molecule has 86 valence electrons. The van der Waals surface area contributed by atoms with Crippen LogP contribution in [0.25, 0.3) is 0 Å². The van der Waals surface area contributed by atoms with Gasteiger partial charge in [0.25, 0.3) is 5.19 Å². The molecule has 0 radical (unpaired) electrons. The summed E-state index contributed by atoms with van der Waals surface area (Å²) in [5.74, 6) is 0. The van der Waals surface area contributed by atoms with Crippen molar-refractivity contribution in [2.45, 2.75) is 39.7 Å². The first-order chi connectivity index (χ1) is 7.22. The molecule has 1 N–H and O–H groups in total. The minimum absolute atomic E-state index is 0.552. The molecule has 0 spiro atoms. The Balaban J connectivity index is 2.09. The highest BCUT2D eigenvalue weighted by Crippen LogP contribution is 2.18. The van der Waals surface area contributed by atoms with Crippen molar-refractivity contribution in [3.05, 3.63) is 11.1 Å². The Bertz CT molecular complexity index is 273. The summed E-state index contributed by atoms with van der Waals surface area (Å²) in [5, 5.41) is 6.21. The second-order valence-electron chi connectivity index (χ2n) is 3.77. The molecule has 1 aromatic rings. The zero-order valence-electron chi connectivity index (χ0n) is 9.75. The molecule has 15 heavy (non-hydrogen) atoms. The fraction of sp³-hybridized carbons (Fsp3) is 0.727. The molecule has 0 aromatic carbocycles. The molecule has 1 aromatic heterocycles. The summed E-state index contributed by atoms with van der Waals surface area (Å²) in [4.78, 5) is 4.34. The van der Waals surface area contributed by atoms with Crippen LogP contribution in [0.4, 0.5) is 0 Å². The molecule has 0 saturated heterocycles. The summed E-state index contributed by atoms with van der Waals surface area (Å²) in [6, 6.07) is 0.552. The Labute approximate surface area is 95.9 Å². The van der Waals surface area contributed by atoms with Gasteiger partial charge in [0.2, 0.25) is 0 Å². The van der Waals surface area contributed by atoms with E-state index in [1.807, 2.05) is 0 Å². The van der Waals surface area contributed by atoms with E-state index in [1.54, 1.807) is 11.3 Å². The quantitative estimate of drug-likeness (QED) is 0.728. The van der Waals surface area contributed by atoms with E-state index in [0.29, 0.717) is 6.04 Å². The summed E-state index contributed by atoms with van der Waals surface area (Å²) >= 11 is 1.58. The first kappa shape index (κ1) is 12.5. The molecule has 0 unspecified atom stereocenters. The topological polar surface area (TPSA) is 34.1 Å². The third kappa shape index (κ3) is 5.14. The van der Waals surface area contributed by atoms with E-state index < -0.39 is 0 Å². The predicted octanol–water partition coefficient (Wildman–Crippen LogP) is 2.47. The van der Waals surface area contributed by atoms with Crippen LogP contribution in [0.2, 0.25) is 0 Å². The molecular weight excluding hydrogens is 208 g/mol. The fourth-order valence-corrected chi connectivity index (χ4v) is 1.92. The number of nitrogens with one attached hydrogen (secondary N) is 1. The van der Waals surface area contributed by atoms with Gasteiger partial charge in [-0.1, -0.05) is 32.1 Å². The molecule has 0 saturated carbocycles. The maximum atomic E-state index is 5.54. The summed E-state index contributed by atoms with van der Waals surface area (Å²) in [6.07, 6.45) is 2.01. The van der Waals surface area contributed by atoms with Gasteiger partial charge in [0.05, 0.1) is 12.3 Å². The van der Waals surface area contributed by atoms with Crippen molar-refractivity contribution < 1.29 is 4.74 Å². The van der Waals surface area contributed by atoms with Gasteiger partial charge in [-0.3, -0.25) is 0 Å². The van der Waals surface area contributed by atoms with Crippen LogP contribution in [-0.4, -0.2) is 24.2 Å². The van der Waals surface area contributed by atoms with E-state index in [9.17, 15) is 0 Å². The van der Waals surface area contributed by atoms with Crippen LogP contribution in [0.5, 0.6) is 5.19 Å². The Morgan fingerprint density at radius 1 is 1.53 bits per heavy atom. The van der Waals surface area contributed by atoms with E-state index in [-0.39, 0.29) is 0 Å². The SMILES string of the molecule is CCc1csc(OCCCNC(C)C)n1. The summed E-state index contributed by atoms with van der Waals surface area (Å²) < 4.78 is 5.54. The Morgan fingerprint density at radius 3 is 2.93 bits per heavy atom. The molecule has 0 bridgehead atoms. The molecular formula is C11H20N2OS. The van der Waals surface area contributed by atoms with Crippen LogP contribution in [0.3, 0.4) is 0 Å². The highest BCUT2D eigenvalue weighted by atomic mass is 32.1. The van der Waals surface area contributed by atoms with Gasteiger partial charge in [-0.05, 0) is 19.4 Å². The summed E-state index contributed by atoms with van der Waals surface area (Å²) in [6.45, 7) is 8.15. The average molecular weight is 228 g/mol.